The fourth-order valence-electron chi connectivity index (χ4n) is 4.20. The Morgan fingerprint density at radius 1 is 1.12 bits per heavy atom. The zero-order valence-corrected chi connectivity index (χ0v) is 18.4. The van der Waals surface area contributed by atoms with Gasteiger partial charge in [-0.3, -0.25) is 0 Å². The van der Waals surface area contributed by atoms with Gasteiger partial charge >= 0.3 is 6.18 Å². The number of hydrogen-bond donors (Lipinski definition) is 1. The third-order valence-corrected chi connectivity index (χ3v) is 6.32. The lowest BCUT2D eigenvalue weighted by Crippen LogP contribution is -2.37. The van der Waals surface area contributed by atoms with Gasteiger partial charge in [-0.05, 0) is 50.4 Å². The molecule has 32 heavy (non-hydrogen) atoms. The molecule has 0 unspecified atom stereocenters. The highest BCUT2D eigenvalue weighted by Gasteiger charge is 2.29. The van der Waals surface area contributed by atoms with Crippen LogP contribution in [-0.4, -0.2) is 45.2 Å². The number of allylic oxidation sites excluding steroid dienone is 1. The number of benzene rings is 1. The minimum atomic E-state index is -4.10. The summed E-state index contributed by atoms with van der Waals surface area (Å²) >= 11 is 0. The molecule has 0 bridgehead atoms. The van der Waals surface area contributed by atoms with Gasteiger partial charge < -0.3 is 14.8 Å². The summed E-state index contributed by atoms with van der Waals surface area (Å²) in [6, 6.07) is 8.25. The van der Waals surface area contributed by atoms with Gasteiger partial charge in [-0.1, -0.05) is 18.7 Å². The Balaban J connectivity index is 1.41. The fraction of sp³-hybridized carbons (Fsp3) is 0.417. The van der Waals surface area contributed by atoms with E-state index in [1.165, 1.54) is 0 Å². The van der Waals surface area contributed by atoms with E-state index in [1.807, 2.05) is 37.3 Å². The molecule has 1 N–H and O–H groups in total. The highest BCUT2D eigenvalue weighted by Crippen LogP contribution is 2.29. The molecule has 0 aliphatic carbocycles. The Kier molecular flexibility index (Phi) is 6.24. The Labute approximate surface area is 186 Å². The predicted molar refractivity (Wildman–Crippen MR) is 121 cm³/mol. The quantitative estimate of drug-likeness (QED) is 0.544. The van der Waals surface area contributed by atoms with Crippen molar-refractivity contribution in [1.29, 1.82) is 0 Å². The number of pyridine rings is 1. The first-order valence-corrected chi connectivity index (χ1v) is 10.8. The lowest BCUT2D eigenvalue weighted by molar-refractivity contribution is -0.138. The van der Waals surface area contributed by atoms with E-state index in [-0.39, 0.29) is 12.5 Å². The number of alkyl halides is 3. The van der Waals surface area contributed by atoms with Gasteiger partial charge in [0.1, 0.15) is 11.6 Å². The second kappa shape index (κ2) is 8.94. The molecule has 170 valence electrons. The second-order valence-electron chi connectivity index (χ2n) is 8.51. The highest BCUT2D eigenvalue weighted by molar-refractivity contribution is 5.88. The maximum absolute atomic E-state index is 12.4. The normalized spacial score (nSPS) is 15.9. The molecule has 1 aromatic carbocycles. The van der Waals surface area contributed by atoms with Crippen LogP contribution in [0.2, 0.25) is 0 Å². The summed E-state index contributed by atoms with van der Waals surface area (Å²) in [5, 5.41) is 5.43. The van der Waals surface area contributed by atoms with Crippen molar-refractivity contribution in [3.05, 3.63) is 54.8 Å². The van der Waals surface area contributed by atoms with Gasteiger partial charge in [0, 0.05) is 42.4 Å². The highest BCUT2D eigenvalue weighted by atomic mass is 19.4. The number of hydrogen-bond acceptors (Lipinski definition) is 4. The molecular weight excluding hydrogens is 415 g/mol. The summed E-state index contributed by atoms with van der Waals surface area (Å²) in [6.07, 6.45) is 0.447. The molecule has 1 saturated heterocycles. The average molecular weight is 444 g/mol. The molecule has 0 saturated carbocycles. The largest absolute Gasteiger partial charge is 0.390 e. The van der Waals surface area contributed by atoms with Crippen LogP contribution in [0.1, 0.15) is 25.1 Å². The third kappa shape index (κ3) is 5.12. The van der Waals surface area contributed by atoms with E-state index >= 15 is 0 Å². The van der Waals surface area contributed by atoms with Crippen molar-refractivity contribution < 1.29 is 13.2 Å². The first-order chi connectivity index (χ1) is 15.2. The molecule has 3 heterocycles. The molecule has 2 aromatic heterocycles. The minimum Gasteiger partial charge on any atom is -0.344 e. The molecule has 1 aliphatic heterocycles. The van der Waals surface area contributed by atoms with E-state index in [4.69, 9.17) is 0 Å². The van der Waals surface area contributed by atoms with Crippen LogP contribution >= 0.6 is 0 Å². The number of aromatic nitrogens is 3. The third-order valence-electron chi connectivity index (χ3n) is 6.32. The van der Waals surface area contributed by atoms with Crippen LogP contribution in [0, 0.1) is 12.8 Å². The molecule has 1 aliphatic rings. The number of likely N-dealkylation sites (tertiary alicyclic amines) is 1. The summed E-state index contributed by atoms with van der Waals surface area (Å²) in [5.41, 5.74) is 3.01. The lowest BCUT2D eigenvalue weighted by atomic mass is 9.94. The Morgan fingerprint density at radius 3 is 2.53 bits per heavy atom. The summed E-state index contributed by atoms with van der Waals surface area (Å²) in [4.78, 5) is 10.8. The van der Waals surface area contributed by atoms with Crippen molar-refractivity contribution in [2.24, 2.45) is 13.0 Å². The molecule has 3 aromatic rings. The van der Waals surface area contributed by atoms with Gasteiger partial charge in [-0.15, -0.1) is 0 Å². The number of nitrogens with one attached hydrogen (secondary N) is 1. The maximum atomic E-state index is 12.4. The molecule has 0 atom stereocenters. The van der Waals surface area contributed by atoms with Crippen LogP contribution in [0.3, 0.4) is 0 Å². The van der Waals surface area contributed by atoms with Crippen LogP contribution < -0.4 is 5.32 Å². The molecule has 5 nitrogen and oxygen atoms in total. The van der Waals surface area contributed by atoms with Crippen molar-refractivity contribution in [3.63, 3.8) is 0 Å². The minimum absolute atomic E-state index is 0.0703. The van der Waals surface area contributed by atoms with E-state index in [1.54, 1.807) is 0 Å². The molecule has 1 fully saturated rings. The van der Waals surface area contributed by atoms with Gasteiger partial charge in [0.15, 0.2) is 0 Å². The number of aryl methyl sites for hydroxylation is 1. The standard InChI is InChI=1S/C24H28F3N5/c1-16(18-6-9-32(10-7-18)11-8-24(25,26)27)30-23-13-21-12-19(4-5-20(21)14-29-23)22-15-28-17(2)31(22)3/h4-5,12-15,18H,1,6-11H2,2-3H3,(H,29,30). The molecule has 8 heteroatoms. The Bertz CT molecular complexity index is 1110. The topological polar surface area (TPSA) is 46.0 Å². The van der Waals surface area contributed by atoms with Crippen molar-refractivity contribution in [2.75, 3.05) is 25.0 Å². The predicted octanol–water partition coefficient (Wildman–Crippen LogP) is 5.53. The molecule has 4 rings (SSSR count). The second-order valence-corrected chi connectivity index (χ2v) is 8.51. The summed E-state index contributed by atoms with van der Waals surface area (Å²) in [7, 11) is 2.00. The van der Waals surface area contributed by atoms with Gasteiger partial charge in [-0.25, -0.2) is 9.97 Å². The van der Waals surface area contributed by atoms with E-state index in [9.17, 15) is 13.2 Å². The van der Waals surface area contributed by atoms with Gasteiger partial charge in [0.25, 0.3) is 0 Å². The number of nitrogens with zero attached hydrogens (tertiary/aromatic N) is 4. The monoisotopic (exact) mass is 443 g/mol. The molecule has 0 amide bonds. The zero-order chi connectivity index (χ0) is 22.9. The number of halogens is 3. The SMILES string of the molecule is C=C(Nc1cc2cc(-c3cnc(C)n3C)ccc2cn1)C1CCN(CCC(F)(F)F)CC1. The molecule has 0 spiro atoms. The average Bonchev–Trinajstić information content (AvgIpc) is 3.10. The van der Waals surface area contributed by atoms with Gasteiger partial charge in [-0.2, -0.15) is 13.2 Å². The summed E-state index contributed by atoms with van der Waals surface area (Å²) in [6.45, 7) is 7.53. The van der Waals surface area contributed by atoms with Crippen molar-refractivity contribution in [1.82, 2.24) is 19.4 Å². The number of imidazole rings is 1. The number of piperidine rings is 1. The van der Waals surface area contributed by atoms with Crippen LogP contribution in [0.5, 0.6) is 0 Å². The lowest BCUT2D eigenvalue weighted by Gasteiger charge is -2.33. The number of rotatable bonds is 6. The van der Waals surface area contributed by atoms with Crippen molar-refractivity contribution in [2.45, 2.75) is 32.4 Å². The maximum Gasteiger partial charge on any atom is 0.390 e. The van der Waals surface area contributed by atoms with Gasteiger partial charge in [0.2, 0.25) is 0 Å². The van der Waals surface area contributed by atoms with Crippen molar-refractivity contribution in [3.8, 4) is 11.3 Å². The molecule has 0 radical (unpaired) electrons. The Morgan fingerprint density at radius 2 is 1.88 bits per heavy atom. The van der Waals surface area contributed by atoms with Crippen LogP contribution in [-0.2, 0) is 7.05 Å². The Hall–Kier alpha value is -2.87. The van der Waals surface area contributed by atoms with Crippen LogP contribution in [0.15, 0.2) is 48.9 Å². The molecular formula is C24H28F3N5. The van der Waals surface area contributed by atoms with E-state index in [0.29, 0.717) is 13.1 Å². The summed E-state index contributed by atoms with van der Waals surface area (Å²) < 4.78 is 39.4. The zero-order valence-electron chi connectivity index (χ0n) is 18.4. The van der Waals surface area contributed by atoms with E-state index in [0.717, 1.165) is 52.2 Å². The fourth-order valence-corrected chi connectivity index (χ4v) is 4.20. The smallest absolute Gasteiger partial charge is 0.344 e. The number of fused-ring (bicyclic) bond motifs is 1. The van der Waals surface area contributed by atoms with E-state index in [2.05, 4.69) is 44.6 Å². The number of anilines is 1. The van der Waals surface area contributed by atoms with E-state index < -0.39 is 12.6 Å². The van der Waals surface area contributed by atoms with Crippen LogP contribution in [0.4, 0.5) is 19.0 Å². The first-order valence-electron chi connectivity index (χ1n) is 10.8. The first kappa shape index (κ1) is 22.3. The van der Waals surface area contributed by atoms with Gasteiger partial charge in [0.05, 0.1) is 18.3 Å². The van der Waals surface area contributed by atoms with Crippen molar-refractivity contribution >= 4 is 16.6 Å². The summed E-state index contributed by atoms with van der Waals surface area (Å²) in [5.74, 6) is 1.90. The van der Waals surface area contributed by atoms with Crippen LogP contribution in [0.25, 0.3) is 22.0 Å².